The molecule has 1 aliphatic rings. The standard InChI is InChI=1S/C21H22N2O5/c1-3-27-17-12-8-7-9-15(17)14-28-18(24)13-23-19(25)21(2,22-20(23)26)16-10-5-4-6-11-16/h4-12H,3,13-14H2,1-2H3,(H,22,26)/t21-/m1/s1. The van der Waals surface area contributed by atoms with E-state index < -0.39 is 30.0 Å². The molecular weight excluding hydrogens is 360 g/mol. The third kappa shape index (κ3) is 3.83. The molecule has 3 amide bonds. The first-order chi connectivity index (χ1) is 13.5. The van der Waals surface area contributed by atoms with Crippen LogP contribution in [0.4, 0.5) is 4.79 Å². The lowest BCUT2D eigenvalue weighted by molar-refractivity contribution is -0.148. The Labute approximate surface area is 163 Å². The molecule has 0 aromatic heterocycles. The molecule has 28 heavy (non-hydrogen) atoms. The molecule has 7 heteroatoms. The highest BCUT2D eigenvalue weighted by Gasteiger charge is 2.49. The van der Waals surface area contributed by atoms with Gasteiger partial charge in [-0.2, -0.15) is 0 Å². The second-order valence-corrected chi connectivity index (χ2v) is 6.51. The van der Waals surface area contributed by atoms with E-state index in [1.807, 2.05) is 25.1 Å². The van der Waals surface area contributed by atoms with Gasteiger partial charge in [0.15, 0.2) is 0 Å². The van der Waals surface area contributed by atoms with E-state index in [9.17, 15) is 14.4 Å². The van der Waals surface area contributed by atoms with Crippen molar-refractivity contribution in [3.05, 3.63) is 65.7 Å². The number of carbonyl (C=O) groups is 3. The fraction of sp³-hybridized carbons (Fsp3) is 0.286. The van der Waals surface area contributed by atoms with Crippen molar-refractivity contribution in [2.24, 2.45) is 0 Å². The van der Waals surface area contributed by atoms with Gasteiger partial charge >= 0.3 is 12.0 Å². The molecule has 2 aromatic rings. The lowest BCUT2D eigenvalue weighted by Gasteiger charge is -2.22. The molecule has 1 aliphatic heterocycles. The van der Waals surface area contributed by atoms with Crippen molar-refractivity contribution in [1.82, 2.24) is 10.2 Å². The van der Waals surface area contributed by atoms with Crippen LogP contribution in [0.5, 0.6) is 5.75 Å². The number of imide groups is 1. The predicted octanol–water partition coefficient (Wildman–Crippen LogP) is 2.60. The number of urea groups is 1. The number of benzene rings is 2. The molecule has 7 nitrogen and oxygen atoms in total. The third-order valence-electron chi connectivity index (χ3n) is 4.57. The van der Waals surface area contributed by atoms with Gasteiger partial charge in [0.2, 0.25) is 0 Å². The van der Waals surface area contributed by atoms with Crippen LogP contribution in [0.15, 0.2) is 54.6 Å². The molecule has 1 fully saturated rings. The number of carbonyl (C=O) groups excluding carboxylic acids is 3. The number of esters is 1. The maximum atomic E-state index is 12.8. The van der Waals surface area contributed by atoms with E-state index >= 15 is 0 Å². The van der Waals surface area contributed by atoms with Gasteiger partial charge in [0.1, 0.15) is 24.4 Å². The fourth-order valence-corrected chi connectivity index (χ4v) is 3.06. The number of amides is 3. The van der Waals surface area contributed by atoms with Crippen molar-refractivity contribution in [3.8, 4) is 5.75 Å². The van der Waals surface area contributed by atoms with Crippen molar-refractivity contribution in [3.63, 3.8) is 0 Å². The number of nitrogens with zero attached hydrogens (tertiary/aromatic N) is 1. The Balaban J connectivity index is 1.65. The summed E-state index contributed by atoms with van der Waals surface area (Å²) in [4.78, 5) is 38.2. The monoisotopic (exact) mass is 382 g/mol. The van der Waals surface area contributed by atoms with Crippen LogP contribution >= 0.6 is 0 Å². The molecule has 0 bridgehead atoms. The third-order valence-corrected chi connectivity index (χ3v) is 4.57. The quantitative estimate of drug-likeness (QED) is 0.588. The summed E-state index contributed by atoms with van der Waals surface area (Å²) in [6.45, 7) is 3.51. The zero-order valence-electron chi connectivity index (χ0n) is 15.8. The minimum absolute atomic E-state index is 0.00535. The molecule has 2 aromatic carbocycles. The Hall–Kier alpha value is -3.35. The van der Waals surface area contributed by atoms with Crippen LogP contribution in [0, 0.1) is 0 Å². The molecule has 1 saturated heterocycles. The van der Waals surface area contributed by atoms with E-state index in [2.05, 4.69) is 5.32 Å². The van der Waals surface area contributed by atoms with E-state index in [0.29, 0.717) is 23.5 Å². The highest BCUT2D eigenvalue weighted by molar-refractivity contribution is 6.08. The largest absolute Gasteiger partial charge is 0.493 e. The number of ether oxygens (including phenoxy) is 2. The summed E-state index contributed by atoms with van der Waals surface area (Å²) in [5.41, 5.74) is 0.152. The van der Waals surface area contributed by atoms with E-state index in [1.165, 1.54) is 0 Å². The lowest BCUT2D eigenvalue weighted by atomic mass is 9.92. The van der Waals surface area contributed by atoms with Gasteiger partial charge in [0.25, 0.3) is 5.91 Å². The molecule has 146 valence electrons. The maximum absolute atomic E-state index is 12.8. The number of hydrogen-bond donors (Lipinski definition) is 1. The average Bonchev–Trinajstić information content (AvgIpc) is 2.92. The zero-order chi connectivity index (χ0) is 20.1. The minimum Gasteiger partial charge on any atom is -0.493 e. The zero-order valence-corrected chi connectivity index (χ0v) is 15.8. The van der Waals surface area contributed by atoms with E-state index in [1.54, 1.807) is 43.3 Å². The Morgan fingerprint density at radius 2 is 1.75 bits per heavy atom. The van der Waals surface area contributed by atoms with Gasteiger partial charge in [-0.1, -0.05) is 48.5 Å². The summed E-state index contributed by atoms with van der Waals surface area (Å²) >= 11 is 0. The molecule has 0 unspecified atom stereocenters. The Bertz CT molecular complexity index is 883. The molecular formula is C21H22N2O5. The van der Waals surface area contributed by atoms with Gasteiger partial charge in [0.05, 0.1) is 6.61 Å². The normalized spacial score (nSPS) is 18.7. The summed E-state index contributed by atoms with van der Waals surface area (Å²) in [5.74, 6) is -0.535. The van der Waals surface area contributed by atoms with Gasteiger partial charge in [-0.15, -0.1) is 0 Å². The molecule has 3 rings (SSSR count). The van der Waals surface area contributed by atoms with Gasteiger partial charge in [0, 0.05) is 5.56 Å². The van der Waals surface area contributed by atoms with Crippen molar-refractivity contribution in [2.75, 3.05) is 13.2 Å². The fourth-order valence-electron chi connectivity index (χ4n) is 3.06. The average molecular weight is 382 g/mol. The molecule has 1 N–H and O–H groups in total. The molecule has 0 radical (unpaired) electrons. The summed E-state index contributed by atoms with van der Waals surface area (Å²) in [5, 5.41) is 2.66. The maximum Gasteiger partial charge on any atom is 0.326 e. The van der Waals surface area contributed by atoms with E-state index in [4.69, 9.17) is 9.47 Å². The second-order valence-electron chi connectivity index (χ2n) is 6.51. The minimum atomic E-state index is -1.21. The number of nitrogens with one attached hydrogen (secondary N) is 1. The van der Waals surface area contributed by atoms with E-state index in [-0.39, 0.29) is 6.61 Å². The van der Waals surface area contributed by atoms with Crippen molar-refractivity contribution >= 4 is 17.9 Å². The SMILES string of the molecule is CCOc1ccccc1COC(=O)CN1C(=O)N[C@](C)(c2ccccc2)C1=O. The molecule has 0 aliphatic carbocycles. The van der Waals surface area contributed by atoms with Gasteiger partial charge in [-0.3, -0.25) is 14.5 Å². The molecule has 0 saturated carbocycles. The lowest BCUT2D eigenvalue weighted by Crippen LogP contribution is -2.41. The van der Waals surface area contributed by atoms with Crippen molar-refractivity contribution < 1.29 is 23.9 Å². The van der Waals surface area contributed by atoms with Crippen LogP contribution in [0.2, 0.25) is 0 Å². The number of rotatable bonds is 7. The van der Waals surface area contributed by atoms with Crippen LogP contribution in [0.1, 0.15) is 25.0 Å². The van der Waals surface area contributed by atoms with Crippen molar-refractivity contribution in [2.45, 2.75) is 26.0 Å². The summed E-state index contributed by atoms with van der Waals surface area (Å²) < 4.78 is 10.7. The number of hydrogen-bond acceptors (Lipinski definition) is 5. The predicted molar refractivity (Wildman–Crippen MR) is 101 cm³/mol. The van der Waals surface area contributed by atoms with Crippen LogP contribution < -0.4 is 10.1 Å². The smallest absolute Gasteiger partial charge is 0.326 e. The molecule has 1 atom stereocenters. The first-order valence-electron chi connectivity index (χ1n) is 9.01. The Morgan fingerprint density at radius 3 is 2.46 bits per heavy atom. The summed E-state index contributed by atoms with van der Waals surface area (Å²) in [7, 11) is 0. The Morgan fingerprint density at radius 1 is 1.07 bits per heavy atom. The summed E-state index contributed by atoms with van der Waals surface area (Å²) in [6.07, 6.45) is 0. The highest BCUT2D eigenvalue weighted by Crippen LogP contribution is 2.28. The second kappa shape index (κ2) is 8.12. The van der Waals surface area contributed by atoms with Gasteiger partial charge < -0.3 is 14.8 Å². The van der Waals surface area contributed by atoms with Crippen LogP contribution in [-0.4, -0.2) is 36.0 Å². The molecule has 1 heterocycles. The first kappa shape index (κ1) is 19.4. The van der Waals surface area contributed by atoms with Crippen LogP contribution in [0.25, 0.3) is 0 Å². The van der Waals surface area contributed by atoms with Gasteiger partial charge in [-0.05, 0) is 25.5 Å². The number of para-hydroxylation sites is 1. The highest BCUT2D eigenvalue weighted by atomic mass is 16.5. The summed E-state index contributed by atoms with van der Waals surface area (Å²) in [6, 6.07) is 15.5. The van der Waals surface area contributed by atoms with Crippen LogP contribution in [0.3, 0.4) is 0 Å². The van der Waals surface area contributed by atoms with Crippen LogP contribution in [-0.2, 0) is 26.5 Å². The topological polar surface area (TPSA) is 84.9 Å². The van der Waals surface area contributed by atoms with Crippen molar-refractivity contribution in [1.29, 1.82) is 0 Å². The van der Waals surface area contributed by atoms with Gasteiger partial charge in [-0.25, -0.2) is 4.79 Å². The molecule has 0 spiro atoms. The Kier molecular flexibility index (Phi) is 5.63. The van der Waals surface area contributed by atoms with E-state index in [0.717, 1.165) is 4.90 Å². The first-order valence-corrected chi connectivity index (χ1v) is 9.01.